The third kappa shape index (κ3) is 3.21. The maximum Gasteiger partial charge on any atom is 0.126 e. The third-order valence-electron chi connectivity index (χ3n) is 3.34. The van der Waals surface area contributed by atoms with E-state index in [1.54, 1.807) is 6.92 Å². The van der Waals surface area contributed by atoms with E-state index in [2.05, 4.69) is 37.4 Å². The minimum atomic E-state index is -0.148. The van der Waals surface area contributed by atoms with Crippen LogP contribution in [0.1, 0.15) is 23.6 Å². The number of nitrogens with one attached hydrogen (secondary N) is 1. The first-order chi connectivity index (χ1) is 9.11. The van der Waals surface area contributed by atoms with Crippen LogP contribution in [0.25, 0.3) is 11.1 Å². The van der Waals surface area contributed by atoms with Crippen LogP contribution in [-0.2, 0) is 6.54 Å². The highest BCUT2D eigenvalue weighted by atomic mass is 19.1. The Hall–Kier alpha value is -1.67. The molecule has 2 heteroatoms. The molecule has 19 heavy (non-hydrogen) atoms. The molecule has 0 aliphatic rings. The second-order valence-electron chi connectivity index (χ2n) is 4.89. The zero-order valence-electron chi connectivity index (χ0n) is 11.8. The van der Waals surface area contributed by atoms with Crippen LogP contribution in [0.3, 0.4) is 0 Å². The first kappa shape index (κ1) is 13.8. The minimum Gasteiger partial charge on any atom is -0.313 e. The molecule has 100 valence electrons. The molecule has 1 nitrogen and oxygen atoms in total. The second kappa shape index (κ2) is 5.98. The number of hydrogen-bond donors (Lipinski definition) is 1. The van der Waals surface area contributed by atoms with Gasteiger partial charge in [0, 0.05) is 6.54 Å². The molecule has 0 aliphatic heterocycles. The van der Waals surface area contributed by atoms with Crippen molar-refractivity contribution in [3.8, 4) is 11.1 Å². The summed E-state index contributed by atoms with van der Waals surface area (Å²) in [5.41, 5.74) is 5.44. The smallest absolute Gasteiger partial charge is 0.126 e. The molecule has 0 saturated carbocycles. The Balaban J connectivity index is 2.32. The molecule has 0 fully saturated rings. The van der Waals surface area contributed by atoms with Gasteiger partial charge in [0.25, 0.3) is 0 Å². The molecule has 0 radical (unpaired) electrons. The summed E-state index contributed by atoms with van der Waals surface area (Å²) >= 11 is 0. The van der Waals surface area contributed by atoms with E-state index in [0.717, 1.165) is 18.7 Å². The lowest BCUT2D eigenvalue weighted by atomic mass is 9.97. The minimum absolute atomic E-state index is 0.148. The molecule has 0 heterocycles. The van der Waals surface area contributed by atoms with Crippen LogP contribution in [0.4, 0.5) is 4.39 Å². The fraction of sp³-hybridized carbons (Fsp3) is 0.294. The van der Waals surface area contributed by atoms with E-state index in [-0.39, 0.29) is 5.82 Å². The maximum absolute atomic E-state index is 13.3. The van der Waals surface area contributed by atoms with Crippen molar-refractivity contribution >= 4 is 0 Å². The molecule has 2 aromatic rings. The Morgan fingerprint density at radius 2 is 1.79 bits per heavy atom. The number of benzene rings is 2. The van der Waals surface area contributed by atoms with Crippen LogP contribution in [0, 0.1) is 19.7 Å². The quantitative estimate of drug-likeness (QED) is 0.864. The van der Waals surface area contributed by atoms with E-state index in [1.165, 1.54) is 22.8 Å². The predicted molar refractivity (Wildman–Crippen MR) is 78.7 cm³/mol. The van der Waals surface area contributed by atoms with Crippen molar-refractivity contribution < 1.29 is 4.39 Å². The van der Waals surface area contributed by atoms with Crippen LogP contribution >= 0.6 is 0 Å². The van der Waals surface area contributed by atoms with Gasteiger partial charge in [-0.1, -0.05) is 31.2 Å². The molecular formula is C17H20FN. The Bertz CT molecular complexity index is 575. The summed E-state index contributed by atoms with van der Waals surface area (Å²) in [6.45, 7) is 7.86. The molecule has 1 N–H and O–H groups in total. The zero-order chi connectivity index (χ0) is 13.8. The van der Waals surface area contributed by atoms with Crippen molar-refractivity contribution in [2.24, 2.45) is 0 Å². The fourth-order valence-corrected chi connectivity index (χ4v) is 2.24. The maximum atomic E-state index is 13.3. The molecular weight excluding hydrogens is 237 g/mol. The van der Waals surface area contributed by atoms with E-state index >= 15 is 0 Å². The van der Waals surface area contributed by atoms with E-state index in [9.17, 15) is 4.39 Å². The number of hydrogen-bond acceptors (Lipinski definition) is 1. The molecule has 2 aromatic carbocycles. The molecule has 2 rings (SSSR count). The highest BCUT2D eigenvalue weighted by molar-refractivity contribution is 5.68. The highest BCUT2D eigenvalue weighted by Crippen LogP contribution is 2.26. The van der Waals surface area contributed by atoms with E-state index in [0.29, 0.717) is 5.56 Å². The molecule has 0 bridgehead atoms. The van der Waals surface area contributed by atoms with Gasteiger partial charge in [0.1, 0.15) is 5.82 Å². The lowest BCUT2D eigenvalue weighted by Gasteiger charge is -2.10. The van der Waals surface area contributed by atoms with Gasteiger partial charge < -0.3 is 5.32 Å². The SMILES string of the molecule is CCNCc1ccc(-c2ccc(F)c(C)c2)c(C)c1. The predicted octanol–water partition coefficient (Wildman–Crippen LogP) is 4.22. The van der Waals surface area contributed by atoms with Crippen LogP contribution in [0.5, 0.6) is 0 Å². The molecule has 0 saturated heterocycles. The summed E-state index contributed by atoms with van der Waals surface area (Å²) in [7, 11) is 0. The topological polar surface area (TPSA) is 12.0 Å². The van der Waals surface area contributed by atoms with Crippen molar-refractivity contribution in [1.82, 2.24) is 5.32 Å². The lowest BCUT2D eigenvalue weighted by molar-refractivity contribution is 0.619. The Kier molecular flexibility index (Phi) is 4.33. The zero-order valence-corrected chi connectivity index (χ0v) is 11.8. The van der Waals surface area contributed by atoms with E-state index in [1.807, 2.05) is 12.1 Å². The van der Waals surface area contributed by atoms with Crippen LogP contribution in [0.15, 0.2) is 36.4 Å². The van der Waals surface area contributed by atoms with Crippen molar-refractivity contribution in [3.05, 3.63) is 58.9 Å². The summed E-state index contributed by atoms with van der Waals surface area (Å²) < 4.78 is 13.3. The standard InChI is InChI=1S/C17H20FN/c1-4-19-11-14-5-7-16(12(2)9-14)15-6-8-17(18)13(3)10-15/h5-10,19H,4,11H2,1-3H3. The van der Waals surface area contributed by atoms with Crippen molar-refractivity contribution in [2.75, 3.05) is 6.54 Å². The summed E-state index contributed by atoms with van der Waals surface area (Å²) in [4.78, 5) is 0. The first-order valence-corrected chi connectivity index (χ1v) is 6.68. The van der Waals surface area contributed by atoms with E-state index in [4.69, 9.17) is 0 Å². The van der Waals surface area contributed by atoms with Gasteiger partial charge in [-0.25, -0.2) is 4.39 Å². The average Bonchev–Trinajstić information content (AvgIpc) is 2.40. The fourth-order valence-electron chi connectivity index (χ4n) is 2.24. The van der Waals surface area contributed by atoms with Gasteiger partial charge in [0.15, 0.2) is 0 Å². The van der Waals surface area contributed by atoms with Crippen molar-refractivity contribution in [1.29, 1.82) is 0 Å². The Labute approximate surface area is 114 Å². The summed E-state index contributed by atoms with van der Waals surface area (Å²) in [5.74, 6) is -0.148. The molecule has 0 amide bonds. The molecule has 0 spiro atoms. The van der Waals surface area contributed by atoms with Crippen LogP contribution in [0.2, 0.25) is 0 Å². The molecule has 0 aliphatic carbocycles. The van der Waals surface area contributed by atoms with Crippen LogP contribution < -0.4 is 5.32 Å². The van der Waals surface area contributed by atoms with Gasteiger partial charge in [0.2, 0.25) is 0 Å². The monoisotopic (exact) mass is 257 g/mol. The van der Waals surface area contributed by atoms with Gasteiger partial charge in [-0.05, 0) is 60.3 Å². The molecule has 0 atom stereocenters. The van der Waals surface area contributed by atoms with Gasteiger partial charge in [0.05, 0.1) is 0 Å². The second-order valence-corrected chi connectivity index (χ2v) is 4.89. The van der Waals surface area contributed by atoms with Gasteiger partial charge >= 0.3 is 0 Å². The summed E-state index contributed by atoms with van der Waals surface area (Å²) in [6, 6.07) is 11.7. The van der Waals surface area contributed by atoms with Crippen LogP contribution in [-0.4, -0.2) is 6.54 Å². The third-order valence-corrected chi connectivity index (χ3v) is 3.34. The highest BCUT2D eigenvalue weighted by Gasteiger charge is 2.05. The molecule has 0 aromatic heterocycles. The Morgan fingerprint density at radius 3 is 2.42 bits per heavy atom. The number of aryl methyl sites for hydroxylation is 2. The average molecular weight is 257 g/mol. The normalized spacial score (nSPS) is 10.7. The lowest BCUT2D eigenvalue weighted by Crippen LogP contribution is -2.11. The Morgan fingerprint density at radius 1 is 1.00 bits per heavy atom. The first-order valence-electron chi connectivity index (χ1n) is 6.68. The molecule has 0 unspecified atom stereocenters. The summed E-state index contributed by atoms with van der Waals surface area (Å²) in [6.07, 6.45) is 0. The van der Waals surface area contributed by atoms with Gasteiger partial charge in [-0.3, -0.25) is 0 Å². The van der Waals surface area contributed by atoms with Gasteiger partial charge in [-0.2, -0.15) is 0 Å². The van der Waals surface area contributed by atoms with E-state index < -0.39 is 0 Å². The number of rotatable bonds is 4. The van der Waals surface area contributed by atoms with Gasteiger partial charge in [-0.15, -0.1) is 0 Å². The van der Waals surface area contributed by atoms with Crippen molar-refractivity contribution in [2.45, 2.75) is 27.3 Å². The summed E-state index contributed by atoms with van der Waals surface area (Å²) in [5, 5.41) is 3.32. The van der Waals surface area contributed by atoms with Crippen molar-refractivity contribution in [3.63, 3.8) is 0 Å². The largest absolute Gasteiger partial charge is 0.313 e. The number of halogens is 1.